The van der Waals surface area contributed by atoms with Gasteiger partial charge in [0.15, 0.2) is 0 Å². The van der Waals surface area contributed by atoms with E-state index < -0.39 is 0 Å². The number of fused-ring (bicyclic) bond motifs is 1. The van der Waals surface area contributed by atoms with Crippen molar-refractivity contribution in [2.75, 3.05) is 6.61 Å². The van der Waals surface area contributed by atoms with Crippen LogP contribution in [0.1, 0.15) is 30.0 Å². The van der Waals surface area contributed by atoms with Crippen LogP contribution in [-0.2, 0) is 18.4 Å². The van der Waals surface area contributed by atoms with Crippen LogP contribution >= 0.6 is 15.9 Å². The van der Waals surface area contributed by atoms with Gasteiger partial charge in [0, 0.05) is 16.4 Å². The van der Waals surface area contributed by atoms with Gasteiger partial charge in [0.05, 0.1) is 6.61 Å². The van der Waals surface area contributed by atoms with E-state index in [9.17, 15) is 0 Å². The lowest BCUT2D eigenvalue weighted by Gasteiger charge is -2.25. The topological polar surface area (TPSA) is 35.2 Å². The Morgan fingerprint density at radius 1 is 1.19 bits per heavy atom. The molecule has 1 atom stereocenters. The molecular formula is C18H20BrNO. The molecule has 0 spiro atoms. The number of halogens is 1. The normalized spacial score (nSPS) is 16.1. The molecule has 1 unspecified atom stereocenters. The molecule has 2 aromatic rings. The molecule has 2 N–H and O–H groups in total. The highest BCUT2D eigenvalue weighted by Gasteiger charge is 2.21. The summed E-state index contributed by atoms with van der Waals surface area (Å²) in [4.78, 5) is 0. The van der Waals surface area contributed by atoms with Gasteiger partial charge >= 0.3 is 0 Å². The van der Waals surface area contributed by atoms with E-state index in [0.29, 0.717) is 0 Å². The third kappa shape index (κ3) is 3.30. The molecule has 0 fully saturated rings. The monoisotopic (exact) mass is 345 g/mol. The van der Waals surface area contributed by atoms with Gasteiger partial charge in [-0.3, -0.25) is 0 Å². The Kier molecular flexibility index (Phi) is 4.05. The predicted molar refractivity (Wildman–Crippen MR) is 89.6 cm³/mol. The molecule has 0 bridgehead atoms. The number of benzene rings is 2. The van der Waals surface area contributed by atoms with Gasteiger partial charge in [-0.05, 0) is 54.7 Å². The van der Waals surface area contributed by atoms with Crippen molar-refractivity contribution in [1.82, 2.24) is 0 Å². The van der Waals surface area contributed by atoms with Crippen LogP contribution in [0.25, 0.3) is 0 Å². The molecule has 0 aromatic heterocycles. The standard InChI is InChI=1S/C18H20BrNO/c1-18(20,15-3-5-16(19)6-4-15)10-8-13-2-7-17-14(12-13)9-11-21-17/h2-7,12H,8-11,20H2,1H3. The quantitative estimate of drug-likeness (QED) is 0.901. The van der Waals surface area contributed by atoms with E-state index >= 15 is 0 Å². The van der Waals surface area contributed by atoms with Crippen LogP contribution in [0.4, 0.5) is 0 Å². The molecule has 1 aliphatic heterocycles. The fourth-order valence-electron chi connectivity index (χ4n) is 2.77. The minimum atomic E-state index is -0.309. The van der Waals surface area contributed by atoms with Crippen molar-refractivity contribution < 1.29 is 4.74 Å². The lowest BCUT2D eigenvalue weighted by atomic mass is 9.87. The summed E-state index contributed by atoms with van der Waals surface area (Å²) >= 11 is 3.46. The molecule has 110 valence electrons. The Morgan fingerprint density at radius 2 is 1.95 bits per heavy atom. The number of aryl methyl sites for hydroxylation is 1. The summed E-state index contributed by atoms with van der Waals surface area (Å²) in [7, 11) is 0. The molecule has 0 aliphatic carbocycles. The number of nitrogens with two attached hydrogens (primary N) is 1. The van der Waals surface area contributed by atoms with Gasteiger partial charge in [-0.1, -0.05) is 40.2 Å². The predicted octanol–water partition coefficient (Wildman–Crippen LogP) is 4.19. The number of hydrogen-bond donors (Lipinski definition) is 1. The van der Waals surface area contributed by atoms with Crippen molar-refractivity contribution >= 4 is 15.9 Å². The summed E-state index contributed by atoms with van der Waals surface area (Å²) in [6, 6.07) is 14.8. The fraction of sp³-hybridized carbons (Fsp3) is 0.333. The molecule has 1 aliphatic rings. The van der Waals surface area contributed by atoms with Gasteiger partial charge in [0.1, 0.15) is 5.75 Å². The molecular weight excluding hydrogens is 326 g/mol. The molecule has 2 nitrogen and oxygen atoms in total. The molecule has 2 aromatic carbocycles. The molecule has 3 heteroatoms. The highest BCUT2D eigenvalue weighted by atomic mass is 79.9. The van der Waals surface area contributed by atoms with Gasteiger partial charge in [-0.25, -0.2) is 0 Å². The van der Waals surface area contributed by atoms with E-state index in [2.05, 4.69) is 53.2 Å². The van der Waals surface area contributed by atoms with Crippen LogP contribution in [0, 0.1) is 0 Å². The van der Waals surface area contributed by atoms with Crippen molar-refractivity contribution in [3.63, 3.8) is 0 Å². The first-order valence-corrected chi connectivity index (χ1v) is 8.13. The van der Waals surface area contributed by atoms with Gasteiger partial charge in [-0.15, -0.1) is 0 Å². The van der Waals surface area contributed by atoms with Crippen LogP contribution in [0.3, 0.4) is 0 Å². The summed E-state index contributed by atoms with van der Waals surface area (Å²) in [6.07, 6.45) is 2.93. The Bertz CT molecular complexity index is 634. The zero-order chi connectivity index (χ0) is 14.9. The number of ether oxygens (including phenoxy) is 1. The van der Waals surface area contributed by atoms with Crippen LogP contribution in [-0.4, -0.2) is 6.61 Å². The van der Waals surface area contributed by atoms with Crippen molar-refractivity contribution in [2.24, 2.45) is 5.73 Å². The van der Waals surface area contributed by atoms with Crippen LogP contribution in [0.15, 0.2) is 46.9 Å². The average Bonchev–Trinajstić information content (AvgIpc) is 2.93. The molecule has 21 heavy (non-hydrogen) atoms. The van der Waals surface area contributed by atoms with Gasteiger partial charge in [0.2, 0.25) is 0 Å². The van der Waals surface area contributed by atoms with Crippen LogP contribution in [0.2, 0.25) is 0 Å². The molecule has 0 amide bonds. The van der Waals surface area contributed by atoms with Crippen molar-refractivity contribution in [3.05, 3.63) is 63.6 Å². The average molecular weight is 346 g/mol. The summed E-state index contributed by atoms with van der Waals surface area (Å²) in [6.45, 7) is 2.92. The van der Waals surface area contributed by atoms with E-state index in [-0.39, 0.29) is 5.54 Å². The maximum absolute atomic E-state index is 6.51. The fourth-order valence-corrected chi connectivity index (χ4v) is 3.04. The van der Waals surface area contributed by atoms with Gasteiger partial charge in [0.25, 0.3) is 0 Å². The zero-order valence-corrected chi connectivity index (χ0v) is 13.8. The lowest BCUT2D eigenvalue weighted by Crippen LogP contribution is -2.33. The highest BCUT2D eigenvalue weighted by Crippen LogP contribution is 2.29. The highest BCUT2D eigenvalue weighted by molar-refractivity contribution is 9.10. The van der Waals surface area contributed by atoms with Gasteiger partial charge < -0.3 is 10.5 Å². The lowest BCUT2D eigenvalue weighted by molar-refractivity contribution is 0.357. The smallest absolute Gasteiger partial charge is 0.122 e. The first-order valence-electron chi connectivity index (χ1n) is 7.34. The largest absolute Gasteiger partial charge is 0.493 e. The minimum Gasteiger partial charge on any atom is -0.493 e. The summed E-state index contributed by atoms with van der Waals surface area (Å²) < 4.78 is 6.63. The third-order valence-corrected chi connectivity index (χ3v) is 4.72. The first kappa shape index (κ1) is 14.6. The Morgan fingerprint density at radius 3 is 2.71 bits per heavy atom. The Hall–Kier alpha value is -1.32. The molecule has 3 rings (SSSR count). The van der Waals surface area contributed by atoms with Crippen LogP contribution in [0.5, 0.6) is 5.75 Å². The molecule has 0 saturated heterocycles. The van der Waals surface area contributed by atoms with Crippen molar-refractivity contribution in [3.8, 4) is 5.75 Å². The van der Waals surface area contributed by atoms with Crippen LogP contribution < -0.4 is 10.5 Å². The number of rotatable bonds is 4. The van der Waals surface area contributed by atoms with Crippen molar-refractivity contribution in [1.29, 1.82) is 0 Å². The van der Waals surface area contributed by atoms with Crippen molar-refractivity contribution in [2.45, 2.75) is 31.7 Å². The summed E-state index contributed by atoms with van der Waals surface area (Å²) in [5.74, 6) is 1.04. The Labute approximate surface area is 134 Å². The van der Waals surface area contributed by atoms with Gasteiger partial charge in [-0.2, -0.15) is 0 Å². The SMILES string of the molecule is CC(N)(CCc1ccc2c(c1)CCO2)c1ccc(Br)cc1. The van der Waals surface area contributed by atoms with E-state index in [1.54, 1.807) is 0 Å². The molecule has 0 saturated carbocycles. The zero-order valence-electron chi connectivity index (χ0n) is 12.2. The van der Waals surface area contributed by atoms with E-state index in [4.69, 9.17) is 10.5 Å². The second kappa shape index (κ2) is 5.82. The third-order valence-electron chi connectivity index (χ3n) is 4.19. The molecule has 1 heterocycles. The first-order chi connectivity index (χ1) is 10.0. The minimum absolute atomic E-state index is 0.309. The van der Waals surface area contributed by atoms with E-state index in [1.807, 2.05) is 12.1 Å². The Balaban J connectivity index is 1.70. The molecule has 0 radical (unpaired) electrons. The summed E-state index contributed by atoms with van der Waals surface area (Å²) in [5, 5.41) is 0. The maximum Gasteiger partial charge on any atom is 0.122 e. The summed E-state index contributed by atoms with van der Waals surface area (Å²) in [5.41, 5.74) is 10.0. The maximum atomic E-state index is 6.51. The second-order valence-corrected chi connectivity index (χ2v) is 6.88. The van der Waals surface area contributed by atoms with E-state index in [0.717, 1.165) is 36.1 Å². The number of hydrogen-bond acceptors (Lipinski definition) is 2. The second-order valence-electron chi connectivity index (χ2n) is 5.96. The van der Waals surface area contributed by atoms with E-state index in [1.165, 1.54) is 16.7 Å².